The molecule has 2 aliphatic rings. The summed E-state index contributed by atoms with van der Waals surface area (Å²) < 4.78 is 1.15. The Morgan fingerprint density at radius 2 is 1.84 bits per heavy atom. The van der Waals surface area contributed by atoms with Crippen LogP contribution in [0.5, 0.6) is 0 Å². The van der Waals surface area contributed by atoms with Gasteiger partial charge in [0, 0.05) is 16.6 Å². The fourth-order valence-corrected chi connectivity index (χ4v) is 4.03. The van der Waals surface area contributed by atoms with Crippen molar-refractivity contribution in [1.82, 2.24) is 5.32 Å². The zero-order chi connectivity index (χ0) is 13.4. The van der Waals surface area contributed by atoms with E-state index in [2.05, 4.69) is 71.5 Å². The van der Waals surface area contributed by atoms with Gasteiger partial charge in [0.25, 0.3) is 0 Å². The van der Waals surface area contributed by atoms with Gasteiger partial charge >= 0.3 is 0 Å². The Bertz CT molecular complexity index is 465. The number of benzene rings is 1. The third-order valence-corrected chi connectivity index (χ3v) is 5.38. The number of hydrogen-bond acceptors (Lipinski definition) is 1. The van der Waals surface area contributed by atoms with E-state index in [0.717, 1.165) is 22.2 Å². The molecule has 2 aliphatic carbocycles. The summed E-state index contributed by atoms with van der Waals surface area (Å²) in [5.74, 6) is 2.51. The molecule has 1 aromatic carbocycles. The quantitative estimate of drug-likeness (QED) is 0.793. The van der Waals surface area contributed by atoms with Gasteiger partial charge in [0.1, 0.15) is 0 Å². The molecule has 0 radical (unpaired) electrons. The average Bonchev–Trinajstić information content (AvgIpc) is 3.01. The summed E-state index contributed by atoms with van der Waals surface area (Å²) in [4.78, 5) is 0. The SMILES string of the molecule is CC(NC(C)C1CC2C=CC1C2)c1ccc(Br)cc1. The van der Waals surface area contributed by atoms with Gasteiger partial charge in [0.05, 0.1) is 0 Å². The molecule has 1 saturated carbocycles. The molecule has 0 aromatic heterocycles. The van der Waals surface area contributed by atoms with Gasteiger partial charge in [0.15, 0.2) is 0 Å². The summed E-state index contributed by atoms with van der Waals surface area (Å²) in [6.45, 7) is 4.62. The first-order valence-corrected chi connectivity index (χ1v) is 8.12. The van der Waals surface area contributed by atoms with Crippen molar-refractivity contribution in [3.8, 4) is 0 Å². The number of allylic oxidation sites excluding steroid dienone is 2. The highest BCUT2D eigenvalue weighted by molar-refractivity contribution is 9.10. The molecule has 3 rings (SSSR count). The van der Waals surface area contributed by atoms with Gasteiger partial charge in [-0.05, 0) is 62.1 Å². The Kier molecular flexibility index (Phi) is 3.81. The minimum atomic E-state index is 0.422. The fourth-order valence-electron chi connectivity index (χ4n) is 3.76. The Morgan fingerprint density at radius 3 is 2.42 bits per heavy atom. The molecule has 1 nitrogen and oxygen atoms in total. The fraction of sp³-hybridized carbons (Fsp3) is 0.529. The second kappa shape index (κ2) is 5.41. The Hall–Kier alpha value is -0.600. The largest absolute Gasteiger partial charge is 0.307 e. The monoisotopic (exact) mass is 319 g/mol. The molecule has 1 aromatic rings. The summed E-state index contributed by atoms with van der Waals surface area (Å²) >= 11 is 3.49. The second-order valence-electron chi connectivity index (χ2n) is 6.17. The van der Waals surface area contributed by atoms with E-state index in [4.69, 9.17) is 0 Å². The maximum absolute atomic E-state index is 3.79. The van der Waals surface area contributed by atoms with Crippen LogP contribution in [0, 0.1) is 17.8 Å². The Balaban J connectivity index is 1.61. The van der Waals surface area contributed by atoms with Crippen molar-refractivity contribution >= 4 is 15.9 Å². The lowest BCUT2D eigenvalue weighted by Crippen LogP contribution is -2.37. The van der Waals surface area contributed by atoms with Crippen LogP contribution in [-0.4, -0.2) is 6.04 Å². The molecule has 19 heavy (non-hydrogen) atoms. The van der Waals surface area contributed by atoms with Crippen LogP contribution in [-0.2, 0) is 0 Å². The molecule has 0 amide bonds. The Labute approximate surface area is 124 Å². The molecule has 5 unspecified atom stereocenters. The van der Waals surface area contributed by atoms with Crippen molar-refractivity contribution in [2.24, 2.45) is 17.8 Å². The predicted octanol–water partition coefficient (Wildman–Crippen LogP) is 4.70. The van der Waals surface area contributed by atoms with Gasteiger partial charge in [-0.3, -0.25) is 0 Å². The zero-order valence-electron chi connectivity index (χ0n) is 11.6. The summed E-state index contributed by atoms with van der Waals surface area (Å²) in [7, 11) is 0. The standard InChI is InChI=1S/C17H22BrN/c1-11(14-5-7-16(18)8-6-14)19-12(2)17-10-13-3-4-15(17)9-13/h3-8,11-13,15,17,19H,9-10H2,1-2H3. The summed E-state index contributed by atoms with van der Waals surface area (Å²) in [6, 6.07) is 9.67. The summed E-state index contributed by atoms with van der Waals surface area (Å²) in [5, 5.41) is 3.79. The lowest BCUT2D eigenvalue weighted by Gasteiger charge is -2.29. The molecule has 2 bridgehead atoms. The maximum Gasteiger partial charge on any atom is 0.0294 e. The number of halogens is 1. The smallest absolute Gasteiger partial charge is 0.0294 e. The van der Waals surface area contributed by atoms with Crippen molar-refractivity contribution < 1.29 is 0 Å². The van der Waals surface area contributed by atoms with Crippen LogP contribution in [0.15, 0.2) is 40.9 Å². The Morgan fingerprint density at radius 1 is 1.11 bits per heavy atom. The van der Waals surface area contributed by atoms with E-state index in [1.54, 1.807) is 0 Å². The van der Waals surface area contributed by atoms with Crippen molar-refractivity contribution in [2.45, 2.75) is 38.8 Å². The third-order valence-electron chi connectivity index (χ3n) is 4.86. The van der Waals surface area contributed by atoms with Crippen molar-refractivity contribution in [3.63, 3.8) is 0 Å². The lowest BCUT2D eigenvalue weighted by atomic mass is 9.87. The zero-order valence-corrected chi connectivity index (χ0v) is 13.2. The number of nitrogens with one attached hydrogen (secondary N) is 1. The lowest BCUT2D eigenvalue weighted by molar-refractivity contribution is 0.307. The number of fused-ring (bicyclic) bond motifs is 2. The van der Waals surface area contributed by atoms with E-state index in [1.165, 1.54) is 18.4 Å². The van der Waals surface area contributed by atoms with E-state index in [1.807, 2.05) is 0 Å². The number of rotatable bonds is 4. The van der Waals surface area contributed by atoms with E-state index in [9.17, 15) is 0 Å². The highest BCUT2D eigenvalue weighted by atomic mass is 79.9. The van der Waals surface area contributed by atoms with Gasteiger partial charge in [-0.15, -0.1) is 0 Å². The van der Waals surface area contributed by atoms with E-state index >= 15 is 0 Å². The number of hydrogen-bond donors (Lipinski definition) is 1. The molecular formula is C17H22BrN. The minimum Gasteiger partial charge on any atom is -0.307 e. The molecule has 5 atom stereocenters. The van der Waals surface area contributed by atoms with Gasteiger partial charge < -0.3 is 5.32 Å². The topological polar surface area (TPSA) is 12.0 Å². The van der Waals surface area contributed by atoms with Gasteiger partial charge in [-0.2, -0.15) is 0 Å². The van der Waals surface area contributed by atoms with Crippen LogP contribution in [0.25, 0.3) is 0 Å². The van der Waals surface area contributed by atoms with Crippen molar-refractivity contribution in [2.75, 3.05) is 0 Å². The molecule has 0 aliphatic heterocycles. The molecular weight excluding hydrogens is 298 g/mol. The highest BCUT2D eigenvalue weighted by Crippen LogP contribution is 2.45. The molecule has 0 saturated heterocycles. The summed E-state index contributed by atoms with van der Waals surface area (Å²) in [5.41, 5.74) is 1.37. The first kappa shape index (κ1) is 13.4. The minimum absolute atomic E-state index is 0.422. The van der Waals surface area contributed by atoms with Gasteiger partial charge in [0.2, 0.25) is 0 Å². The molecule has 1 N–H and O–H groups in total. The van der Waals surface area contributed by atoms with Crippen molar-refractivity contribution in [1.29, 1.82) is 0 Å². The first-order chi connectivity index (χ1) is 9.13. The van der Waals surface area contributed by atoms with Gasteiger partial charge in [-0.1, -0.05) is 40.2 Å². The van der Waals surface area contributed by atoms with Crippen LogP contribution in [0.4, 0.5) is 0 Å². The maximum atomic E-state index is 3.79. The average molecular weight is 320 g/mol. The predicted molar refractivity (Wildman–Crippen MR) is 84.0 cm³/mol. The van der Waals surface area contributed by atoms with Crippen LogP contribution in [0.3, 0.4) is 0 Å². The van der Waals surface area contributed by atoms with E-state index in [-0.39, 0.29) is 0 Å². The van der Waals surface area contributed by atoms with Crippen LogP contribution in [0.2, 0.25) is 0 Å². The highest BCUT2D eigenvalue weighted by Gasteiger charge is 2.38. The third kappa shape index (κ3) is 2.80. The molecule has 1 fully saturated rings. The molecule has 102 valence electrons. The molecule has 0 heterocycles. The van der Waals surface area contributed by atoms with E-state index < -0.39 is 0 Å². The second-order valence-corrected chi connectivity index (χ2v) is 7.09. The van der Waals surface area contributed by atoms with Gasteiger partial charge in [-0.25, -0.2) is 0 Å². The normalized spacial score (nSPS) is 31.6. The van der Waals surface area contributed by atoms with Crippen LogP contribution in [0.1, 0.15) is 38.3 Å². The first-order valence-electron chi connectivity index (χ1n) is 7.33. The van der Waals surface area contributed by atoms with E-state index in [0.29, 0.717) is 12.1 Å². The molecule has 2 heteroatoms. The van der Waals surface area contributed by atoms with Crippen LogP contribution < -0.4 is 5.32 Å². The van der Waals surface area contributed by atoms with Crippen molar-refractivity contribution in [3.05, 3.63) is 46.5 Å². The van der Waals surface area contributed by atoms with Crippen LogP contribution >= 0.6 is 15.9 Å². The molecule has 0 spiro atoms. The summed E-state index contributed by atoms with van der Waals surface area (Å²) in [6.07, 6.45) is 7.64.